The number of anilines is 2. The summed E-state index contributed by atoms with van der Waals surface area (Å²) < 4.78 is 1.03. The lowest BCUT2D eigenvalue weighted by Crippen LogP contribution is -2.30. The molecule has 0 aromatic heterocycles. The standard InChI is InChI=1S/C30H33BrN2O/c1-3-5-7-22-9-17-26(18-10-22)32-28-21-29(24-13-15-25(31)16-14-24)33(30(28)34)27-19-11-23(12-20-27)8-6-4-2/h9-21,29,32H,3-8H2,1-2H3. The molecule has 34 heavy (non-hydrogen) atoms. The Morgan fingerprint density at radius 3 is 1.91 bits per heavy atom. The molecule has 0 fully saturated rings. The normalized spacial score (nSPS) is 15.5. The van der Waals surface area contributed by atoms with Crippen molar-refractivity contribution in [1.29, 1.82) is 0 Å². The Morgan fingerprint density at radius 2 is 1.35 bits per heavy atom. The second-order valence-corrected chi connectivity index (χ2v) is 9.86. The fourth-order valence-corrected chi connectivity index (χ4v) is 4.60. The maximum absolute atomic E-state index is 13.6. The minimum Gasteiger partial charge on any atom is -0.351 e. The molecular weight excluding hydrogens is 484 g/mol. The first kappa shape index (κ1) is 24.3. The molecule has 0 aliphatic carbocycles. The Kier molecular flexibility index (Phi) is 8.23. The zero-order valence-electron chi connectivity index (χ0n) is 20.1. The van der Waals surface area contributed by atoms with Crippen LogP contribution in [-0.4, -0.2) is 5.91 Å². The molecule has 176 valence electrons. The van der Waals surface area contributed by atoms with Crippen LogP contribution in [0.15, 0.2) is 89.0 Å². The number of halogens is 1. The molecule has 1 amide bonds. The first-order valence-corrected chi connectivity index (χ1v) is 13.1. The van der Waals surface area contributed by atoms with Gasteiger partial charge in [-0.3, -0.25) is 9.69 Å². The van der Waals surface area contributed by atoms with Gasteiger partial charge in [-0.2, -0.15) is 0 Å². The highest BCUT2D eigenvalue weighted by Crippen LogP contribution is 2.36. The second kappa shape index (κ2) is 11.5. The summed E-state index contributed by atoms with van der Waals surface area (Å²) in [7, 11) is 0. The van der Waals surface area contributed by atoms with E-state index in [0.717, 1.165) is 34.3 Å². The van der Waals surface area contributed by atoms with E-state index in [4.69, 9.17) is 0 Å². The zero-order chi connectivity index (χ0) is 23.9. The van der Waals surface area contributed by atoms with E-state index in [1.807, 2.05) is 23.1 Å². The van der Waals surface area contributed by atoms with Crippen LogP contribution in [0.25, 0.3) is 0 Å². The van der Waals surface area contributed by atoms with Crippen molar-refractivity contribution in [2.45, 2.75) is 58.4 Å². The van der Waals surface area contributed by atoms with Crippen molar-refractivity contribution >= 4 is 33.2 Å². The third-order valence-corrected chi connectivity index (χ3v) is 6.88. The number of rotatable bonds is 10. The van der Waals surface area contributed by atoms with Gasteiger partial charge in [0, 0.05) is 15.8 Å². The van der Waals surface area contributed by atoms with E-state index in [-0.39, 0.29) is 11.9 Å². The van der Waals surface area contributed by atoms with Gasteiger partial charge in [-0.1, -0.05) is 79.0 Å². The lowest BCUT2D eigenvalue weighted by molar-refractivity contribution is -0.114. The van der Waals surface area contributed by atoms with Gasteiger partial charge in [0.1, 0.15) is 5.70 Å². The molecule has 3 aromatic carbocycles. The Hall–Kier alpha value is -2.85. The molecule has 0 bridgehead atoms. The van der Waals surface area contributed by atoms with Crippen molar-refractivity contribution in [3.8, 4) is 0 Å². The van der Waals surface area contributed by atoms with Crippen LogP contribution in [0.5, 0.6) is 0 Å². The first-order chi connectivity index (χ1) is 16.6. The number of unbranched alkanes of at least 4 members (excludes halogenated alkanes) is 2. The topological polar surface area (TPSA) is 32.3 Å². The predicted molar refractivity (Wildman–Crippen MR) is 146 cm³/mol. The largest absolute Gasteiger partial charge is 0.351 e. The van der Waals surface area contributed by atoms with Crippen LogP contribution >= 0.6 is 15.9 Å². The number of nitrogens with one attached hydrogen (secondary N) is 1. The smallest absolute Gasteiger partial charge is 0.275 e. The van der Waals surface area contributed by atoms with Crippen LogP contribution in [0.3, 0.4) is 0 Å². The number of hydrogen-bond acceptors (Lipinski definition) is 2. The summed E-state index contributed by atoms with van der Waals surface area (Å²) in [6.07, 6.45) is 8.94. The van der Waals surface area contributed by atoms with Crippen molar-refractivity contribution in [2.24, 2.45) is 0 Å². The van der Waals surface area contributed by atoms with Crippen molar-refractivity contribution in [2.75, 3.05) is 10.2 Å². The number of hydrogen-bond donors (Lipinski definition) is 1. The van der Waals surface area contributed by atoms with Gasteiger partial charge in [-0.25, -0.2) is 0 Å². The highest BCUT2D eigenvalue weighted by atomic mass is 79.9. The Bertz CT molecular complexity index is 1120. The van der Waals surface area contributed by atoms with Gasteiger partial charge < -0.3 is 5.32 Å². The monoisotopic (exact) mass is 516 g/mol. The molecule has 3 aromatic rings. The Balaban J connectivity index is 1.59. The van der Waals surface area contributed by atoms with E-state index in [9.17, 15) is 4.79 Å². The summed E-state index contributed by atoms with van der Waals surface area (Å²) in [4.78, 5) is 15.5. The van der Waals surface area contributed by atoms with Crippen LogP contribution in [-0.2, 0) is 17.6 Å². The molecule has 1 heterocycles. The minimum atomic E-state index is -0.159. The molecule has 0 saturated heterocycles. The highest BCUT2D eigenvalue weighted by Gasteiger charge is 2.34. The van der Waals surface area contributed by atoms with E-state index in [0.29, 0.717) is 5.70 Å². The number of nitrogens with zero attached hydrogens (tertiary/aromatic N) is 1. The average Bonchev–Trinajstić information content (AvgIpc) is 3.18. The van der Waals surface area contributed by atoms with Gasteiger partial charge in [0.05, 0.1) is 6.04 Å². The van der Waals surface area contributed by atoms with Crippen LogP contribution < -0.4 is 10.2 Å². The molecule has 1 atom stereocenters. The van der Waals surface area contributed by atoms with Crippen LogP contribution in [0, 0.1) is 0 Å². The van der Waals surface area contributed by atoms with Crippen LogP contribution in [0.2, 0.25) is 0 Å². The van der Waals surface area contributed by atoms with Crippen molar-refractivity contribution in [3.05, 3.63) is 106 Å². The summed E-state index contributed by atoms with van der Waals surface area (Å²) in [6, 6.07) is 24.9. The summed E-state index contributed by atoms with van der Waals surface area (Å²) in [5.41, 5.74) is 6.19. The van der Waals surface area contributed by atoms with Crippen LogP contribution in [0.4, 0.5) is 11.4 Å². The lowest BCUT2D eigenvalue weighted by Gasteiger charge is -2.25. The molecule has 1 unspecified atom stereocenters. The van der Waals surface area contributed by atoms with E-state index in [1.165, 1.54) is 36.8 Å². The number of aryl methyl sites for hydroxylation is 2. The molecule has 1 N–H and O–H groups in total. The number of carbonyl (C=O) groups is 1. The van der Waals surface area contributed by atoms with Crippen LogP contribution in [0.1, 0.15) is 62.3 Å². The van der Waals surface area contributed by atoms with Gasteiger partial charge in [-0.05, 0) is 84.8 Å². The van der Waals surface area contributed by atoms with Crippen molar-refractivity contribution in [3.63, 3.8) is 0 Å². The van der Waals surface area contributed by atoms with E-state index >= 15 is 0 Å². The van der Waals surface area contributed by atoms with Crippen molar-refractivity contribution < 1.29 is 4.79 Å². The predicted octanol–water partition coefficient (Wildman–Crippen LogP) is 8.22. The zero-order valence-corrected chi connectivity index (χ0v) is 21.6. The highest BCUT2D eigenvalue weighted by molar-refractivity contribution is 9.10. The van der Waals surface area contributed by atoms with E-state index in [2.05, 4.69) is 95.8 Å². The second-order valence-electron chi connectivity index (χ2n) is 8.95. The third-order valence-electron chi connectivity index (χ3n) is 6.35. The fourth-order valence-electron chi connectivity index (χ4n) is 4.33. The molecule has 1 aliphatic heterocycles. The molecule has 4 heteroatoms. The average molecular weight is 518 g/mol. The number of carbonyl (C=O) groups excluding carboxylic acids is 1. The minimum absolute atomic E-state index is 0.00992. The van der Waals surface area contributed by atoms with Gasteiger partial charge in [0.2, 0.25) is 0 Å². The van der Waals surface area contributed by atoms with Gasteiger partial charge in [-0.15, -0.1) is 0 Å². The quantitative estimate of drug-likeness (QED) is 0.294. The third kappa shape index (κ3) is 5.79. The first-order valence-electron chi connectivity index (χ1n) is 12.3. The summed E-state index contributed by atoms with van der Waals surface area (Å²) in [5, 5.41) is 3.38. The molecule has 1 aliphatic rings. The lowest BCUT2D eigenvalue weighted by atomic mass is 10.0. The van der Waals surface area contributed by atoms with Gasteiger partial charge in [0.25, 0.3) is 5.91 Å². The molecule has 0 radical (unpaired) electrons. The maximum Gasteiger partial charge on any atom is 0.275 e. The maximum atomic E-state index is 13.6. The van der Waals surface area contributed by atoms with Gasteiger partial charge in [0.15, 0.2) is 0 Å². The molecule has 4 rings (SSSR count). The molecule has 3 nitrogen and oxygen atoms in total. The summed E-state index contributed by atoms with van der Waals surface area (Å²) in [6.45, 7) is 4.42. The summed E-state index contributed by atoms with van der Waals surface area (Å²) in [5.74, 6) is -0.00992. The van der Waals surface area contributed by atoms with E-state index < -0.39 is 0 Å². The SMILES string of the molecule is CCCCc1ccc(NC2=CC(c3ccc(Br)cc3)N(c3ccc(CCCC)cc3)C2=O)cc1. The Morgan fingerprint density at radius 1 is 0.794 bits per heavy atom. The number of benzene rings is 3. The van der Waals surface area contributed by atoms with Crippen molar-refractivity contribution in [1.82, 2.24) is 0 Å². The van der Waals surface area contributed by atoms with E-state index in [1.54, 1.807) is 0 Å². The number of amides is 1. The van der Waals surface area contributed by atoms with Gasteiger partial charge >= 0.3 is 0 Å². The molecule has 0 saturated carbocycles. The summed E-state index contributed by atoms with van der Waals surface area (Å²) >= 11 is 3.52. The fraction of sp³-hybridized carbons (Fsp3) is 0.300. The molecule has 0 spiro atoms. The Labute approximate surface area is 212 Å². The molecular formula is C30H33BrN2O.